The van der Waals surface area contributed by atoms with E-state index in [1.807, 2.05) is 0 Å². The number of rotatable bonds is 4. The van der Waals surface area contributed by atoms with Crippen LogP contribution in [0, 0.1) is 10.1 Å². The van der Waals surface area contributed by atoms with Crippen molar-refractivity contribution in [1.29, 1.82) is 0 Å². The average molecular weight is 311 g/mol. The van der Waals surface area contributed by atoms with Gasteiger partial charge in [0, 0.05) is 17.2 Å². The molecule has 0 atom stereocenters. The van der Waals surface area contributed by atoms with Gasteiger partial charge in [0.15, 0.2) is 0 Å². The van der Waals surface area contributed by atoms with E-state index in [9.17, 15) is 10.1 Å². The molecule has 0 fully saturated rings. The van der Waals surface area contributed by atoms with Gasteiger partial charge >= 0.3 is 0 Å². The van der Waals surface area contributed by atoms with E-state index in [-0.39, 0.29) is 5.69 Å². The molecule has 0 saturated carbocycles. The SMILES string of the molecule is O=[N+]([O-])c1ccc(NN=Nc2ccc(Cl)cc2Cl)cc1. The Bertz CT molecular complexity index is 659. The number of nitrogens with one attached hydrogen (secondary N) is 1. The van der Waals surface area contributed by atoms with Crippen molar-refractivity contribution in [3.8, 4) is 0 Å². The van der Waals surface area contributed by atoms with Crippen molar-refractivity contribution in [2.24, 2.45) is 10.3 Å². The first-order valence-corrected chi connectivity index (χ1v) is 6.18. The number of hydrogen-bond acceptors (Lipinski definition) is 4. The maximum atomic E-state index is 10.5. The molecule has 0 aliphatic carbocycles. The zero-order valence-corrected chi connectivity index (χ0v) is 11.5. The standard InChI is InChI=1S/C12H8Cl2N4O2/c13-8-1-6-12(11(14)7-8)16-17-15-9-2-4-10(5-3-9)18(19)20/h1-7H,(H,15,16). The van der Waals surface area contributed by atoms with E-state index >= 15 is 0 Å². The molecule has 1 N–H and O–H groups in total. The molecule has 0 aromatic heterocycles. The Balaban J connectivity index is 2.04. The molecule has 0 radical (unpaired) electrons. The van der Waals surface area contributed by atoms with Crippen molar-refractivity contribution in [3.63, 3.8) is 0 Å². The van der Waals surface area contributed by atoms with Crippen LogP contribution in [0.3, 0.4) is 0 Å². The summed E-state index contributed by atoms with van der Waals surface area (Å²) < 4.78 is 0. The van der Waals surface area contributed by atoms with Gasteiger partial charge in [-0.3, -0.25) is 15.5 Å². The minimum Gasteiger partial charge on any atom is -0.260 e. The summed E-state index contributed by atoms with van der Waals surface area (Å²) in [5.41, 5.74) is 3.69. The van der Waals surface area contributed by atoms with E-state index < -0.39 is 4.92 Å². The second-order valence-electron chi connectivity index (χ2n) is 3.71. The minimum absolute atomic E-state index is 0.00762. The third kappa shape index (κ3) is 3.66. The molecule has 0 amide bonds. The first-order valence-electron chi connectivity index (χ1n) is 5.42. The van der Waals surface area contributed by atoms with E-state index in [1.165, 1.54) is 24.3 Å². The number of nitrogens with zero attached hydrogens (tertiary/aromatic N) is 3. The van der Waals surface area contributed by atoms with Gasteiger partial charge in [0.1, 0.15) is 5.69 Å². The predicted octanol–water partition coefficient (Wildman–Crippen LogP) is 5.01. The molecule has 0 spiro atoms. The molecule has 20 heavy (non-hydrogen) atoms. The Morgan fingerprint density at radius 2 is 1.80 bits per heavy atom. The Hall–Kier alpha value is -2.18. The van der Waals surface area contributed by atoms with E-state index in [2.05, 4.69) is 15.8 Å². The number of benzene rings is 2. The van der Waals surface area contributed by atoms with Gasteiger partial charge in [-0.05, 0) is 30.3 Å². The van der Waals surface area contributed by atoms with Gasteiger partial charge in [-0.1, -0.05) is 28.4 Å². The molecule has 6 nitrogen and oxygen atoms in total. The monoisotopic (exact) mass is 310 g/mol. The van der Waals surface area contributed by atoms with Crippen molar-refractivity contribution >= 4 is 40.3 Å². The van der Waals surface area contributed by atoms with E-state index in [1.54, 1.807) is 18.2 Å². The Morgan fingerprint density at radius 3 is 2.40 bits per heavy atom. The number of nitro benzene ring substituents is 1. The average Bonchev–Trinajstić information content (AvgIpc) is 2.42. The lowest BCUT2D eigenvalue weighted by atomic mass is 10.3. The number of anilines is 1. The van der Waals surface area contributed by atoms with E-state index in [0.29, 0.717) is 21.4 Å². The highest BCUT2D eigenvalue weighted by Crippen LogP contribution is 2.28. The van der Waals surface area contributed by atoms with Crippen LogP contribution in [0.25, 0.3) is 0 Å². The molecule has 102 valence electrons. The van der Waals surface area contributed by atoms with Crippen LogP contribution >= 0.6 is 23.2 Å². The topological polar surface area (TPSA) is 79.9 Å². The van der Waals surface area contributed by atoms with Gasteiger partial charge in [0.25, 0.3) is 5.69 Å². The maximum Gasteiger partial charge on any atom is 0.269 e. The summed E-state index contributed by atoms with van der Waals surface area (Å²) in [6, 6.07) is 10.6. The number of hydrogen-bond donors (Lipinski definition) is 1. The summed E-state index contributed by atoms with van der Waals surface area (Å²) in [5.74, 6) is 0. The van der Waals surface area contributed by atoms with Crippen LogP contribution < -0.4 is 5.43 Å². The first-order chi connectivity index (χ1) is 9.56. The fourth-order valence-corrected chi connectivity index (χ4v) is 1.80. The third-order valence-electron chi connectivity index (χ3n) is 2.32. The van der Waals surface area contributed by atoms with Crippen LogP contribution in [0.4, 0.5) is 17.1 Å². The molecule has 2 aromatic rings. The largest absolute Gasteiger partial charge is 0.269 e. The molecule has 2 rings (SSSR count). The Kier molecular flexibility index (Phi) is 4.49. The third-order valence-corrected chi connectivity index (χ3v) is 2.86. The van der Waals surface area contributed by atoms with Gasteiger partial charge in [0.05, 0.1) is 15.6 Å². The molecule has 0 unspecified atom stereocenters. The van der Waals surface area contributed by atoms with Crippen molar-refractivity contribution in [2.75, 3.05) is 5.43 Å². The second-order valence-corrected chi connectivity index (χ2v) is 4.56. The van der Waals surface area contributed by atoms with Gasteiger partial charge in [-0.25, -0.2) is 0 Å². The Morgan fingerprint density at radius 1 is 1.10 bits per heavy atom. The highest BCUT2D eigenvalue weighted by atomic mass is 35.5. The molecule has 0 aliphatic rings. The van der Waals surface area contributed by atoms with Crippen LogP contribution in [0.5, 0.6) is 0 Å². The second kappa shape index (κ2) is 6.31. The summed E-state index contributed by atoms with van der Waals surface area (Å²) in [7, 11) is 0. The first kappa shape index (κ1) is 14.2. The molecule has 8 heteroatoms. The Labute approximate surface area is 124 Å². The highest BCUT2D eigenvalue weighted by Gasteiger charge is 2.03. The summed E-state index contributed by atoms with van der Waals surface area (Å²) in [5, 5.41) is 19.0. The van der Waals surface area contributed by atoms with Crippen LogP contribution in [-0.2, 0) is 0 Å². The van der Waals surface area contributed by atoms with Gasteiger partial charge in [-0.15, -0.1) is 5.11 Å². The minimum atomic E-state index is -0.473. The van der Waals surface area contributed by atoms with Crippen LogP contribution in [0.15, 0.2) is 52.8 Å². The van der Waals surface area contributed by atoms with E-state index in [4.69, 9.17) is 23.2 Å². The zero-order valence-electron chi connectivity index (χ0n) is 9.96. The van der Waals surface area contributed by atoms with Gasteiger partial charge in [0.2, 0.25) is 0 Å². The lowest BCUT2D eigenvalue weighted by Gasteiger charge is -1.99. The van der Waals surface area contributed by atoms with Crippen molar-refractivity contribution in [3.05, 3.63) is 62.6 Å². The van der Waals surface area contributed by atoms with E-state index in [0.717, 1.165) is 0 Å². The van der Waals surface area contributed by atoms with Crippen LogP contribution in [0.1, 0.15) is 0 Å². The number of non-ortho nitro benzene ring substituents is 1. The number of nitro groups is 1. The van der Waals surface area contributed by atoms with Crippen molar-refractivity contribution in [1.82, 2.24) is 0 Å². The predicted molar refractivity (Wildman–Crippen MR) is 77.7 cm³/mol. The molecule has 2 aromatic carbocycles. The van der Waals surface area contributed by atoms with Crippen LogP contribution in [0.2, 0.25) is 10.0 Å². The van der Waals surface area contributed by atoms with Crippen molar-refractivity contribution in [2.45, 2.75) is 0 Å². The molecular formula is C12H8Cl2N4O2. The fraction of sp³-hybridized carbons (Fsp3) is 0. The van der Waals surface area contributed by atoms with Crippen molar-refractivity contribution < 1.29 is 4.92 Å². The lowest BCUT2D eigenvalue weighted by Crippen LogP contribution is -1.89. The number of halogens is 2. The molecule has 0 saturated heterocycles. The lowest BCUT2D eigenvalue weighted by molar-refractivity contribution is -0.384. The summed E-state index contributed by atoms with van der Waals surface area (Å²) in [4.78, 5) is 10.0. The van der Waals surface area contributed by atoms with Gasteiger partial charge in [-0.2, -0.15) is 0 Å². The smallest absolute Gasteiger partial charge is 0.260 e. The normalized spacial score (nSPS) is 10.7. The van der Waals surface area contributed by atoms with Gasteiger partial charge < -0.3 is 0 Å². The summed E-state index contributed by atoms with van der Waals surface area (Å²) in [6.45, 7) is 0. The summed E-state index contributed by atoms with van der Waals surface area (Å²) in [6.07, 6.45) is 0. The fourth-order valence-electron chi connectivity index (χ4n) is 1.36. The molecular weight excluding hydrogens is 303 g/mol. The summed E-state index contributed by atoms with van der Waals surface area (Å²) >= 11 is 11.7. The highest BCUT2D eigenvalue weighted by molar-refractivity contribution is 6.36. The quantitative estimate of drug-likeness (QED) is 0.489. The molecule has 0 heterocycles. The zero-order chi connectivity index (χ0) is 14.5. The van der Waals surface area contributed by atoms with Crippen LogP contribution in [-0.4, -0.2) is 4.92 Å². The maximum absolute atomic E-state index is 10.5. The molecule has 0 bridgehead atoms. The molecule has 0 aliphatic heterocycles.